The monoisotopic (exact) mass is 429 g/mol. The molecular weight excluding hydrogens is 406 g/mol. The third kappa shape index (κ3) is 2.92. The summed E-state index contributed by atoms with van der Waals surface area (Å²) in [6, 6.07) is 13.2. The van der Waals surface area contributed by atoms with Crippen LogP contribution >= 0.6 is 0 Å². The lowest BCUT2D eigenvalue weighted by Crippen LogP contribution is -2.56. The van der Waals surface area contributed by atoms with Crippen LogP contribution in [0.25, 0.3) is 0 Å². The number of hydrogen-bond acceptors (Lipinski definition) is 5. The van der Waals surface area contributed by atoms with E-state index in [2.05, 4.69) is 34.5 Å². The molecule has 1 spiro atoms. The van der Waals surface area contributed by atoms with Gasteiger partial charge in [0.2, 0.25) is 11.8 Å². The van der Waals surface area contributed by atoms with Crippen LogP contribution in [0.3, 0.4) is 0 Å². The van der Waals surface area contributed by atoms with Gasteiger partial charge in [-0.3, -0.25) is 34.3 Å². The van der Waals surface area contributed by atoms with Crippen LogP contribution in [0, 0.1) is 5.41 Å². The number of piperidine rings is 1. The molecule has 0 saturated carbocycles. The molecule has 2 aromatic rings. The van der Waals surface area contributed by atoms with Gasteiger partial charge in [0.25, 0.3) is 11.8 Å². The van der Waals surface area contributed by atoms with Crippen molar-refractivity contribution < 1.29 is 19.2 Å². The SMILES string of the molecule is O=C1CCC(N2C(=O)c3cc4c(cc3C2=O)CC2(C4)CN(Cc3ccccc3)C2)C(=O)N1. The van der Waals surface area contributed by atoms with Gasteiger partial charge in [0.15, 0.2) is 0 Å². The molecule has 0 aromatic heterocycles. The van der Waals surface area contributed by atoms with E-state index in [4.69, 9.17) is 0 Å². The minimum absolute atomic E-state index is 0.127. The van der Waals surface area contributed by atoms with E-state index in [1.54, 1.807) is 0 Å². The van der Waals surface area contributed by atoms with Crippen molar-refractivity contribution in [3.63, 3.8) is 0 Å². The molecule has 6 rings (SSSR count). The number of fused-ring (bicyclic) bond motifs is 2. The highest BCUT2D eigenvalue weighted by Gasteiger charge is 2.49. The smallest absolute Gasteiger partial charge is 0.262 e. The number of nitrogens with one attached hydrogen (secondary N) is 1. The molecular formula is C25H23N3O4. The van der Waals surface area contributed by atoms with Gasteiger partial charge < -0.3 is 0 Å². The van der Waals surface area contributed by atoms with Crippen LogP contribution in [0.15, 0.2) is 42.5 Å². The van der Waals surface area contributed by atoms with Gasteiger partial charge in [-0.1, -0.05) is 30.3 Å². The third-order valence-electron chi connectivity index (χ3n) is 7.26. The zero-order valence-electron chi connectivity index (χ0n) is 17.6. The minimum atomic E-state index is -0.917. The molecule has 2 saturated heterocycles. The van der Waals surface area contributed by atoms with Gasteiger partial charge in [-0.25, -0.2) is 0 Å². The normalized spacial score (nSPS) is 23.9. The Morgan fingerprint density at radius 1 is 0.906 bits per heavy atom. The predicted molar refractivity (Wildman–Crippen MR) is 115 cm³/mol. The summed E-state index contributed by atoms with van der Waals surface area (Å²) in [7, 11) is 0. The Balaban J connectivity index is 1.19. The molecule has 2 aromatic carbocycles. The van der Waals surface area contributed by atoms with Crippen molar-refractivity contribution in [1.82, 2.24) is 15.1 Å². The first-order valence-electron chi connectivity index (χ1n) is 11.1. The maximum atomic E-state index is 13.1. The number of benzene rings is 2. The lowest BCUT2D eigenvalue weighted by atomic mass is 9.77. The standard InChI is InChI=1S/C25H23N3O4/c29-21-7-6-20(22(30)26-21)28-23(31)18-8-16-10-25(11-17(16)9-19(18)24(28)32)13-27(14-25)12-15-4-2-1-3-5-15/h1-5,8-9,20H,6-7,10-14H2,(H,26,29,30). The fraction of sp³-hybridized carbons (Fsp3) is 0.360. The molecule has 7 nitrogen and oxygen atoms in total. The molecule has 4 amide bonds. The lowest BCUT2D eigenvalue weighted by Gasteiger charge is -2.48. The van der Waals surface area contributed by atoms with Crippen LogP contribution in [0.5, 0.6) is 0 Å². The number of carbonyl (C=O) groups excluding carboxylic acids is 4. The zero-order chi connectivity index (χ0) is 22.0. The fourth-order valence-corrected chi connectivity index (χ4v) is 5.89. The number of nitrogens with zero attached hydrogens (tertiary/aromatic N) is 2. The summed E-state index contributed by atoms with van der Waals surface area (Å²) >= 11 is 0. The van der Waals surface area contributed by atoms with Crippen molar-refractivity contribution in [1.29, 1.82) is 0 Å². The molecule has 3 heterocycles. The van der Waals surface area contributed by atoms with E-state index in [1.807, 2.05) is 18.2 Å². The maximum Gasteiger partial charge on any atom is 0.262 e. The van der Waals surface area contributed by atoms with E-state index in [0.29, 0.717) is 11.1 Å². The number of hydrogen-bond donors (Lipinski definition) is 1. The second-order valence-electron chi connectivity index (χ2n) is 9.60. The Hall–Kier alpha value is -3.32. The molecule has 162 valence electrons. The molecule has 1 atom stereocenters. The van der Waals surface area contributed by atoms with Gasteiger partial charge in [0.1, 0.15) is 6.04 Å². The van der Waals surface area contributed by atoms with Gasteiger partial charge in [0.05, 0.1) is 11.1 Å². The second kappa shape index (κ2) is 6.84. The summed E-state index contributed by atoms with van der Waals surface area (Å²) in [5.74, 6) is -1.80. The largest absolute Gasteiger partial charge is 0.298 e. The minimum Gasteiger partial charge on any atom is -0.298 e. The van der Waals surface area contributed by atoms with Gasteiger partial charge >= 0.3 is 0 Å². The summed E-state index contributed by atoms with van der Waals surface area (Å²) in [6.45, 7) is 2.95. The van der Waals surface area contributed by atoms with Crippen LogP contribution in [0.2, 0.25) is 0 Å². The lowest BCUT2D eigenvalue weighted by molar-refractivity contribution is -0.136. The first kappa shape index (κ1) is 19.4. The van der Waals surface area contributed by atoms with Crippen LogP contribution in [0.1, 0.15) is 50.2 Å². The molecule has 2 fully saturated rings. The van der Waals surface area contributed by atoms with Gasteiger partial charge in [-0.15, -0.1) is 0 Å². The van der Waals surface area contributed by atoms with Gasteiger partial charge in [-0.05, 0) is 48.1 Å². The molecule has 4 aliphatic rings. The first-order chi connectivity index (χ1) is 15.4. The quantitative estimate of drug-likeness (QED) is 0.751. The number of amides is 4. The molecule has 1 unspecified atom stereocenters. The van der Waals surface area contributed by atoms with Crippen molar-refractivity contribution in [2.24, 2.45) is 5.41 Å². The van der Waals surface area contributed by atoms with E-state index in [0.717, 1.165) is 48.5 Å². The van der Waals surface area contributed by atoms with E-state index in [9.17, 15) is 19.2 Å². The summed E-state index contributed by atoms with van der Waals surface area (Å²) < 4.78 is 0. The predicted octanol–water partition coefficient (Wildman–Crippen LogP) is 1.69. The average Bonchev–Trinajstić information content (AvgIpc) is 3.23. The van der Waals surface area contributed by atoms with E-state index in [-0.39, 0.29) is 24.2 Å². The first-order valence-corrected chi connectivity index (χ1v) is 11.1. The Morgan fingerprint density at radius 2 is 1.53 bits per heavy atom. The zero-order valence-corrected chi connectivity index (χ0v) is 17.6. The van der Waals surface area contributed by atoms with Crippen molar-refractivity contribution in [2.75, 3.05) is 13.1 Å². The van der Waals surface area contributed by atoms with E-state index < -0.39 is 23.8 Å². The van der Waals surface area contributed by atoms with Crippen LogP contribution in [-0.4, -0.2) is 52.6 Å². The van der Waals surface area contributed by atoms with Crippen LogP contribution in [0.4, 0.5) is 0 Å². The highest BCUT2D eigenvalue weighted by atomic mass is 16.2. The molecule has 1 N–H and O–H groups in total. The highest BCUT2D eigenvalue weighted by molar-refractivity contribution is 6.23. The Morgan fingerprint density at radius 3 is 2.12 bits per heavy atom. The number of rotatable bonds is 3. The topological polar surface area (TPSA) is 86.8 Å². The molecule has 0 radical (unpaired) electrons. The summed E-state index contributed by atoms with van der Waals surface area (Å²) in [5.41, 5.74) is 4.53. The van der Waals surface area contributed by atoms with Crippen molar-refractivity contribution in [2.45, 2.75) is 38.3 Å². The van der Waals surface area contributed by atoms with Crippen molar-refractivity contribution in [3.05, 3.63) is 70.3 Å². The van der Waals surface area contributed by atoms with Crippen molar-refractivity contribution in [3.8, 4) is 0 Å². The van der Waals surface area contributed by atoms with Crippen molar-refractivity contribution >= 4 is 23.6 Å². The van der Waals surface area contributed by atoms with Crippen LogP contribution < -0.4 is 5.32 Å². The third-order valence-corrected chi connectivity index (χ3v) is 7.26. The number of imide groups is 2. The Kier molecular flexibility index (Phi) is 4.14. The summed E-state index contributed by atoms with van der Waals surface area (Å²) in [5, 5.41) is 2.24. The number of likely N-dealkylation sites (tertiary alicyclic amines) is 1. The summed E-state index contributed by atoms with van der Waals surface area (Å²) in [6.07, 6.45) is 2.11. The highest BCUT2D eigenvalue weighted by Crippen LogP contribution is 2.46. The van der Waals surface area contributed by atoms with E-state index in [1.165, 1.54) is 5.56 Å². The molecule has 0 bridgehead atoms. The van der Waals surface area contributed by atoms with Crippen LogP contribution in [-0.2, 0) is 29.0 Å². The summed E-state index contributed by atoms with van der Waals surface area (Å²) in [4.78, 5) is 53.3. The Labute approximate surface area is 185 Å². The second-order valence-corrected chi connectivity index (χ2v) is 9.60. The van der Waals surface area contributed by atoms with Gasteiger partial charge in [-0.2, -0.15) is 0 Å². The molecule has 3 aliphatic heterocycles. The maximum absolute atomic E-state index is 13.1. The molecule has 32 heavy (non-hydrogen) atoms. The molecule has 7 heteroatoms. The number of carbonyl (C=O) groups is 4. The fourth-order valence-electron chi connectivity index (χ4n) is 5.89. The van der Waals surface area contributed by atoms with Gasteiger partial charge in [0, 0.05) is 31.5 Å². The van der Waals surface area contributed by atoms with E-state index >= 15 is 0 Å². The average molecular weight is 429 g/mol. The Bertz CT molecular complexity index is 1140. The molecule has 1 aliphatic carbocycles.